The molecule has 0 amide bonds. The molecule has 15 heavy (non-hydrogen) atoms. The van der Waals surface area contributed by atoms with Crippen LogP contribution in [0.3, 0.4) is 0 Å². The van der Waals surface area contributed by atoms with Crippen LogP contribution in [0.1, 0.15) is 5.56 Å². The average molecular weight is 263 g/mol. The van der Waals surface area contributed by atoms with Crippen molar-refractivity contribution in [1.29, 1.82) is 0 Å². The van der Waals surface area contributed by atoms with E-state index in [0.29, 0.717) is 5.82 Å². The highest BCUT2D eigenvalue weighted by molar-refractivity contribution is 9.10. The number of hydrogen-bond donors (Lipinski definition) is 1. The highest BCUT2D eigenvalue weighted by Crippen LogP contribution is 2.27. The number of anilines is 1. The van der Waals surface area contributed by atoms with Crippen LogP contribution in [-0.4, -0.2) is 4.98 Å². The van der Waals surface area contributed by atoms with E-state index in [2.05, 4.69) is 40.0 Å². The van der Waals surface area contributed by atoms with Crippen molar-refractivity contribution in [3.8, 4) is 11.1 Å². The van der Waals surface area contributed by atoms with E-state index in [1.807, 2.05) is 18.2 Å². The third-order valence-electron chi connectivity index (χ3n) is 2.21. The molecule has 0 aliphatic carbocycles. The second-order valence-corrected chi connectivity index (χ2v) is 4.37. The molecule has 0 aliphatic heterocycles. The molecule has 2 rings (SSSR count). The normalized spacial score (nSPS) is 10.3. The van der Waals surface area contributed by atoms with E-state index < -0.39 is 0 Å². The summed E-state index contributed by atoms with van der Waals surface area (Å²) in [7, 11) is 0. The number of pyridine rings is 1. The molecule has 0 radical (unpaired) electrons. The summed E-state index contributed by atoms with van der Waals surface area (Å²) in [5, 5.41) is 0. The van der Waals surface area contributed by atoms with Crippen molar-refractivity contribution in [2.45, 2.75) is 6.92 Å². The molecular formula is C12H11BrN2. The first-order valence-electron chi connectivity index (χ1n) is 4.65. The van der Waals surface area contributed by atoms with Gasteiger partial charge in [-0.1, -0.05) is 29.8 Å². The lowest BCUT2D eigenvalue weighted by molar-refractivity contribution is 1.31. The van der Waals surface area contributed by atoms with Gasteiger partial charge in [-0.05, 0) is 34.5 Å². The quantitative estimate of drug-likeness (QED) is 0.856. The molecule has 2 aromatic rings. The van der Waals surface area contributed by atoms with E-state index in [1.54, 1.807) is 6.20 Å². The molecule has 2 nitrogen and oxygen atoms in total. The maximum atomic E-state index is 5.84. The molecular weight excluding hydrogens is 252 g/mol. The summed E-state index contributed by atoms with van der Waals surface area (Å²) in [5.41, 5.74) is 9.12. The van der Waals surface area contributed by atoms with Gasteiger partial charge in [-0.25, -0.2) is 4.98 Å². The number of nitrogens with two attached hydrogens (primary N) is 1. The molecule has 0 atom stereocenters. The van der Waals surface area contributed by atoms with Gasteiger partial charge in [0.15, 0.2) is 0 Å². The first-order chi connectivity index (χ1) is 7.16. The van der Waals surface area contributed by atoms with E-state index in [4.69, 9.17) is 5.73 Å². The van der Waals surface area contributed by atoms with Crippen molar-refractivity contribution in [2.75, 3.05) is 5.73 Å². The molecule has 0 aliphatic rings. The van der Waals surface area contributed by atoms with E-state index in [9.17, 15) is 0 Å². The van der Waals surface area contributed by atoms with Gasteiger partial charge in [0, 0.05) is 16.2 Å². The van der Waals surface area contributed by atoms with Gasteiger partial charge in [0.2, 0.25) is 0 Å². The van der Waals surface area contributed by atoms with Crippen LogP contribution in [0.15, 0.2) is 41.0 Å². The molecule has 1 aromatic heterocycles. The predicted molar refractivity (Wildman–Crippen MR) is 66.5 cm³/mol. The zero-order valence-electron chi connectivity index (χ0n) is 8.37. The minimum absolute atomic E-state index is 0.559. The molecule has 0 saturated carbocycles. The average Bonchev–Trinajstić information content (AvgIpc) is 2.22. The Bertz CT molecular complexity index is 495. The van der Waals surface area contributed by atoms with Crippen LogP contribution in [-0.2, 0) is 0 Å². The van der Waals surface area contributed by atoms with E-state index in [1.165, 1.54) is 5.56 Å². The number of aromatic nitrogens is 1. The first-order valence-corrected chi connectivity index (χ1v) is 5.44. The monoisotopic (exact) mass is 262 g/mol. The van der Waals surface area contributed by atoms with Gasteiger partial charge >= 0.3 is 0 Å². The van der Waals surface area contributed by atoms with Crippen LogP contribution in [0.25, 0.3) is 11.1 Å². The Morgan fingerprint density at radius 2 is 2.07 bits per heavy atom. The molecule has 0 unspecified atom stereocenters. The molecule has 3 heteroatoms. The summed E-state index contributed by atoms with van der Waals surface area (Å²) in [6, 6.07) is 10.2. The van der Waals surface area contributed by atoms with Crippen LogP contribution in [0.4, 0.5) is 5.82 Å². The smallest absolute Gasteiger partial charge is 0.131 e. The van der Waals surface area contributed by atoms with E-state index in [-0.39, 0.29) is 0 Å². The van der Waals surface area contributed by atoms with E-state index >= 15 is 0 Å². The van der Waals surface area contributed by atoms with Crippen LogP contribution < -0.4 is 5.73 Å². The molecule has 1 aromatic carbocycles. The molecule has 0 bridgehead atoms. The second-order valence-electron chi connectivity index (χ2n) is 3.46. The van der Waals surface area contributed by atoms with Crippen LogP contribution in [0.2, 0.25) is 0 Å². The summed E-state index contributed by atoms with van der Waals surface area (Å²) < 4.78 is 0.938. The van der Waals surface area contributed by atoms with Gasteiger partial charge in [-0.2, -0.15) is 0 Å². The SMILES string of the molecule is Cc1cccc(-c2cc(Br)cnc2N)c1. The maximum Gasteiger partial charge on any atom is 0.131 e. The van der Waals surface area contributed by atoms with Crippen molar-refractivity contribution < 1.29 is 0 Å². The Morgan fingerprint density at radius 1 is 1.27 bits per heavy atom. The van der Waals surface area contributed by atoms with Gasteiger partial charge in [-0.3, -0.25) is 0 Å². The molecule has 2 N–H and O–H groups in total. The standard InChI is InChI=1S/C12H11BrN2/c1-8-3-2-4-9(5-8)11-6-10(13)7-15-12(11)14/h2-7H,1H3,(H2,14,15). The molecule has 0 saturated heterocycles. The van der Waals surface area contributed by atoms with Crippen molar-refractivity contribution >= 4 is 21.7 Å². The molecule has 0 fully saturated rings. The van der Waals surface area contributed by atoms with Crippen LogP contribution in [0.5, 0.6) is 0 Å². The summed E-state index contributed by atoms with van der Waals surface area (Å²) in [6.07, 6.45) is 1.70. The number of hydrogen-bond acceptors (Lipinski definition) is 2. The van der Waals surface area contributed by atoms with Crippen molar-refractivity contribution in [2.24, 2.45) is 0 Å². The number of nitrogens with zero attached hydrogens (tertiary/aromatic N) is 1. The Labute approximate surface area is 97.3 Å². The lowest BCUT2D eigenvalue weighted by atomic mass is 10.0. The number of aryl methyl sites for hydroxylation is 1. The molecule has 1 heterocycles. The van der Waals surface area contributed by atoms with Gasteiger partial charge in [0.25, 0.3) is 0 Å². The summed E-state index contributed by atoms with van der Waals surface area (Å²) in [4.78, 5) is 4.12. The topological polar surface area (TPSA) is 38.9 Å². The second kappa shape index (κ2) is 4.03. The van der Waals surface area contributed by atoms with Crippen molar-refractivity contribution in [1.82, 2.24) is 4.98 Å². The minimum Gasteiger partial charge on any atom is -0.383 e. The first kappa shape index (κ1) is 10.2. The third kappa shape index (κ3) is 2.18. The fraction of sp³-hybridized carbons (Fsp3) is 0.0833. The van der Waals surface area contributed by atoms with Crippen LogP contribution >= 0.6 is 15.9 Å². The highest BCUT2D eigenvalue weighted by Gasteiger charge is 2.04. The number of rotatable bonds is 1. The molecule has 76 valence electrons. The predicted octanol–water partition coefficient (Wildman–Crippen LogP) is 3.40. The zero-order chi connectivity index (χ0) is 10.8. The fourth-order valence-electron chi connectivity index (χ4n) is 1.49. The van der Waals surface area contributed by atoms with Gasteiger partial charge in [0.05, 0.1) is 0 Å². The Balaban J connectivity index is 2.58. The highest BCUT2D eigenvalue weighted by atomic mass is 79.9. The van der Waals surface area contributed by atoms with Crippen molar-refractivity contribution in [3.05, 3.63) is 46.6 Å². The number of benzene rings is 1. The van der Waals surface area contributed by atoms with Crippen LogP contribution in [0, 0.1) is 6.92 Å². The van der Waals surface area contributed by atoms with Crippen molar-refractivity contribution in [3.63, 3.8) is 0 Å². The largest absolute Gasteiger partial charge is 0.383 e. The maximum absolute atomic E-state index is 5.84. The summed E-state index contributed by atoms with van der Waals surface area (Å²) >= 11 is 3.39. The summed E-state index contributed by atoms with van der Waals surface area (Å²) in [5.74, 6) is 0.559. The van der Waals surface area contributed by atoms with Gasteiger partial charge in [-0.15, -0.1) is 0 Å². The minimum atomic E-state index is 0.559. The lowest BCUT2D eigenvalue weighted by Gasteiger charge is -2.06. The number of halogens is 1. The Morgan fingerprint density at radius 3 is 2.80 bits per heavy atom. The van der Waals surface area contributed by atoms with Gasteiger partial charge < -0.3 is 5.73 Å². The third-order valence-corrected chi connectivity index (χ3v) is 2.65. The summed E-state index contributed by atoms with van der Waals surface area (Å²) in [6.45, 7) is 2.06. The number of nitrogen functional groups attached to an aromatic ring is 1. The lowest BCUT2D eigenvalue weighted by Crippen LogP contribution is -1.93. The van der Waals surface area contributed by atoms with E-state index in [0.717, 1.165) is 15.6 Å². The Kier molecular flexibility index (Phi) is 2.73. The molecule has 0 spiro atoms. The Hall–Kier alpha value is -1.35. The van der Waals surface area contributed by atoms with Gasteiger partial charge in [0.1, 0.15) is 5.82 Å². The fourth-order valence-corrected chi connectivity index (χ4v) is 1.82. The zero-order valence-corrected chi connectivity index (χ0v) is 9.95.